The Morgan fingerprint density at radius 3 is 2.60 bits per heavy atom. The topological polar surface area (TPSA) is 86.3 Å². The lowest BCUT2D eigenvalue weighted by Crippen LogP contribution is -2.32. The molecule has 4 rings (SSSR count). The van der Waals surface area contributed by atoms with Gasteiger partial charge in [0, 0.05) is 11.1 Å². The summed E-state index contributed by atoms with van der Waals surface area (Å²) in [4.78, 5) is 10.8. The number of hydrogen-bond acceptors (Lipinski definition) is 6. The number of nitro benzene ring substituents is 1. The van der Waals surface area contributed by atoms with Crippen LogP contribution in [-0.2, 0) is 0 Å². The molecule has 0 saturated heterocycles. The van der Waals surface area contributed by atoms with Crippen LogP contribution in [0, 0.1) is 26.9 Å². The predicted molar refractivity (Wildman–Crippen MR) is 93.5 cm³/mol. The summed E-state index contributed by atoms with van der Waals surface area (Å²) in [5.41, 5.74) is 1.70. The minimum absolute atomic E-state index is 0.0623. The van der Waals surface area contributed by atoms with Crippen LogP contribution in [0.25, 0.3) is 0 Å². The first-order chi connectivity index (χ1) is 11.8. The highest BCUT2D eigenvalue weighted by Crippen LogP contribution is 2.64. The maximum Gasteiger partial charge on any atom is 0.282 e. The van der Waals surface area contributed by atoms with Crippen LogP contribution in [-0.4, -0.2) is 23.6 Å². The van der Waals surface area contributed by atoms with Gasteiger partial charge in [0.05, 0.1) is 22.8 Å². The van der Waals surface area contributed by atoms with E-state index in [4.69, 9.17) is 9.47 Å². The van der Waals surface area contributed by atoms with Crippen molar-refractivity contribution in [1.82, 2.24) is 0 Å². The van der Waals surface area contributed by atoms with Gasteiger partial charge in [0.1, 0.15) is 0 Å². The lowest BCUT2D eigenvalue weighted by molar-refractivity contribution is -0.385. The Morgan fingerprint density at radius 1 is 1.28 bits per heavy atom. The molecule has 2 atom stereocenters. The predicted octanol–water partition coefficient (Wildman–Crippen LogP) is 3.94. The van der Waals surface area contributed by atoms with Crippen LogP contribution in [0.2, 0.25) is 0 Å². The molecule has 1 aromatic carbocycles. The van der Waals surface area contributed by atoms with Gasteiger partial charge in [-0.05, 0) is 36.7 Å². The summed E-state index contributed by atoms with van der Waals surface area (Å²) in [6.45, 7) is 6.95. The lowest BCUT2D eigenvalue weighted by atomic mass is 9.70. The molecule has 2 aliphatic carbocycles. The Hall–Kier alpha value is -2.44. The molecule has 1 aliphatic heterocycles. The summed E-state index contributed by atoms with van der Waals surface area (Å²) in [6, 6.07) is 2.95. The van der Waals surface area contributed by atoms with Crippen molar-refractivity contribution in [2.24, 2.45) is 27.0 Å². The molecule has 0 N–H and O–H groups in total. The van der Waals surface area contributed by atoms with E-state index < -0.39 is 4.92 Å². The summed E-state index contributed by atoms with van der Waals surface area (Å²) in [6.07, 6.45) is 4.77. The average molecular weight is 343 g/mol. The summed E-state index contributed by atoms with van der Waals surface area (Å²) in [7, 11) is 0. The van der Waals surface area contributed by atoms with E-state index in [2.05, 4.69) is 31.0 Å². The fourth-order valence-corrected chi connectivity index (χ4v) is 4.45. The van der Waals surface area contributed by atoms with E-state index in [1.165, 1.54) is 18.7 Å². The van der Waals surface area contributed by atoms with E-state index in [9.17, 15) is 10.1 Å². The van der Waals surface area contributed by atoms with E-state index in [0.717, 1.165) is 18.6 Å². The van der Waals surface area contributed by atoms with Gasteiger partial charge in [0.15, 0.2) is 11.5 Å². The molecule has 2 bridgehead atoms. The lowest BCUT2D eigenvalue weighted by Gasteiger charge is -2.34. The standard InChI is InChI=1S/C18H21N3O4/c1-17(2)12-4-5-18(17,3)16(7-12)20-19-9-11-6-14-15(25-10-24-14)8-13(11)21(22)23/h6,8-9,12H,4-5,7,10H2,1-3H3/b19-9+,20-16?. The maximum absolute atomic E-state index is 11.3. The minimum Gasteiger partial charge on any atom is -0.454 e. The van der Waals surface area contributed by atoms with E-state index in [-0.39, 0.29) is 23.3 Å². The van der Waals surface area contributed by atoms with Gasteiger partial charge >= 0.3 is 0 Å². The van der Waals surface area contributed by atoms with Crippen molar-refractivity contribution in [3.05, 3.63) is 27.8 Å². The van der Waals surface area contributed by atoms with Gasteiger partial charge in [0.2, 0.25) is 6.79 Å². The second-order valence-corrected chi connectivity index (χ2v) is 7.81. The Balaban J connectivity index is 1.64. The highest BCUT2D eigenvalue weighted by Gasteiger charge is 2.59. The molecule has 2 unspecified atom stereocenters. The Kier molecular flexibility index (Phi) is 3.39. The number of nitrogens with zero attached hydrogens (tertiary/aromatic N) is 3. The van der Waals surface area contributed by atoms with Crippen molar-refractivity contribution >= 4 is 17.6 Å². The summed E-state index contributed by atoms with van der Waals surface area (Å²) in [5.74, 6) is 1.52. The molecule has 25 heavy (non-hydrogen) atoms. The first-order valence-electron chi connectivity index (χ1n) is 8.51. The molecule has 7 nitrogen and oxygen atoms in total. The van der Waals surface area contributed by atoms with Crippen molar-refractivity contribution in [3.8, 4) is 11.5 Å². The van der Waals surface area contributed by atoms with Crippen molar-refractivity contribution in [1.29, 1.82) is 0 Å². The fraction of sp³-hybridized carbons (Fsp3) is 0.556. The average Bonchev–Trinajstić information content (AvgIpc) is 3.15. The second-order valence-electron chi connectivity index (χ2n) is 7.81. The Morgan fingerprint density at radius 2 is 2.00 bits per heavy atom. The molecule has 2 saturated carbocycles. The van der Waals surface area contributed by atoms with Crippen molar-refractivity contribution in [2.75, 3.05) is 6.79 Å². The van der Waals surface area contributed by atoms with Crippen LogP contribution in [0.4, 0.5) is 5.69 Å². The van der Waals surface area contributed by atoms with Crippen LogP contribution >= 0.6 is 0 Å². The van der Waals surface area contributed by atoms with Crippen LogP contribution in [0.15, 0.2) is 22.3 Å². The normalized spacial score (nSPS) is 30.5. The zero-order valence-corrected chi connectivity index (χ0v) is 14.6. The first-order valence-corrected chi connectivity index (χ1v) is 8.51. The number of nitro groups is 1. The van der Waals surface area contributed by atoms with Crippen LogP contribution in [0.5, 0.6) is 11.5 Å². The van der Waals surface area contributed by atoms with Crippen LogP contribution < -0.4 is 9.47 Å². The van der Waals surface area contributed by atoms with Gasteiger partial charge in [-0.3, -0.25) is 10.1 Å². The number of rotatable bonds is 3. The van der Waals surface area contributed by atoms with Gasteiger partial charge in [-0.15, -0.1) is 0 Å². The molecule has 7 heteroatoms. The molecule has 0 radical (unpaired) electrons. The van der Waals surface area contributed by atoms with E-state index in [1.54, 1.807) is 6.07 Å². The molecule has 132 valence electrons. The number of fused-ring (bicyclic) bond motifs is 3. The van der Waals surface area contributed by atoms with Crippen molar-refractivity contribution < 1.29 is 14.4 Å². The van der Waals surface area contributed by atoms with E-state index >= 15 is 0 Å². The molecule has 0 spiro atoms. The third kappa shape index (κ3) is 2.25. The zero-order chi connectivity index (χ0) is 17.8. The number of ether oxygens (including phenoxy) is 2. The Bertz CT molecular complexity index is 815. The molecule has 1 aromatic rings. The number of hydrogen-bond donors (Lipinski definition) is 0. The smallest absolute Gasteiger partial charge is 0.282 e. The first kappa shape index (κ1) is 16.1. The van der Waals surface area contributed by atoms with E-state index in [1.807, 2.05) is 0 Å². The van der Waals surface area contributed by atoms with Gasteiger partial charge in [0.25, 0.3) is 5.69 Å². The number of benzene rings is 1. The summed E-state index contributed by atoms with van der Waals surface area (Å²) < 4.78 is 10.5. The zero-order valence-electron chi connectivity index (χ0n) is 14.6. The summed E-state index contributed by atoms with van der Waals surface area (Å²) >= 11 is 0. The van der Waals surface area contributed by atoms with E-state index in [0.29, 0.717) is 23.0 Å². The fourth-order valence-electron chi connectivity index (χ4n) is 4.45. The van der Waals surface area contributed by atoms with Crippen molar-refractivity contribution in [2.45, 2.75) is 40.0 Å². The SMILES string of the molecule is CC12CCC(CC1=N/N=C/c1cc3c(cc1[N+](=O)[O-])OCO3)C2(C)C. The monoisotopic (exact) mass is 343 g/mol. The minimum atomic E-state index is -0.446. The second kappa shape index (κ2) is 5.28. The van der Waals surface area contributed by atoms with Crippen molar-refractivity contribution in [3.63, 3.8) is 0 Å². The quantitative estimate of drug-likeness (QED) is 0.472. The third-order valence-corrected chi connectivity index (χ3v) is 6.61. The summed E-state index contributed by atoms with van der Waals surface area (Å²) in [5, 5.41) is 19.9. The molecular formula is C18H21N3O4. The van der Waals surface area contributed by atoms with Crippen LogP contribution in [0.3, 0.4) is 0 Å². The molecule has 0 amide bonds. The molecular weight excluding hydrogens is 322 g/mol. The largest absolute Gasteiger partial charge is 0.454 e. The molecule has 2 fully saturated rings. The van der Waals surface area contributed by atoms with Gasteiger partial charge in [-0.2, -0.15) is 10.2 Å². The highest BCUT2D eigenvalue weighted by atomic mass is 16.7. The molecule has 3 aliphatic rings. The maximum atomic E-state index is 11.3. The highest BCUT2D eigenvalue weighted by molar-refractivity contribution is 5.95. The van der Waals surface area contributed by atoms with Gasteiger partial charge in [-0.25, -0.2) is 0 Å². The van der Waals surface area contributed by atoms with Gasteiger partial charge in [-0.1, -0.05) is 20.8 Å². The molecule has 1 heterocycles. The van der Waals surface area contributed by atoms with Crippen LogP contribution in [0.1, 0.15) is 45.6 Å². The molecule has 0 aromatic heterocycles. The van der Waals surface area contributed by atoms with Gasteiger partial charge < -0.3 is 9.47 Å². The third-order valence-electron chi connectivity index (χ3n) is 6.61. The Labute approximate surface area is 145 Å².